The van der Waals surface area contributed by atoms with Crippen LogP contribution in [0.2, 0.25) is 0 Å². The lowest BCUT2D eigenvalue weighted by molar-refractivity contribution is 0.245. The van der Waals surface area contributed by atoms with Crippen molar-refractivity contribution in [2.45, 2.75) is 26.3 Å². The van der Waals surface area contributed by atoms with Crippen LogP contribution in [0.5, 0.6) is 5.75 Å². The number of hydrogen-bond donors (Lipinski definition) is 0. The Balaban J connectivity index is 3.00. The van der Waals surface area contributed by atoms with Gasteiger partial charge in [0, 0.05) is 11.6 Å². The maximum atomic E-state index is 5.40. The molecule has 0 aliphatic heterocycles. The van der Waals surface area contributed by atoms with E-state index in [4.69, 9.17) is 4.74 Å². The van der Waals surface area contributed by atoms with E-state index in [2.05, 4.69) is 37.9 Å². The van der Waals surface area contributed by atoms with Crippen molar-refractivity contribution in [1.29, 1.82) is 0 Å². The number of ether oxygens (including phenoxy) is 1. The van der Waals surface area contributed by atoms with Gasteiger partial charge in [-0.05, 0) is 26.1 Å². The third kappa shape index (κ3) is 2.72. The lowest BCUT2D eigenvalue weighted by Gasteiger charge is -2.27. The van der Waals surface area contributed by atoms with E-state index in [-0.39, 0.29) is 0 Å². The summed E-state index contributed by atoms with van der Waals surface area (Å²) in [5.41, 5.74) is 1.28. The molecule has 0 fully saturated rings. The Hall–Kier alpha value is -1.02. The van der Waals surface area contributed by atoms with E-state index < -0.39 is 0 Å². The van der Waals surface area contributed by atoms with Crippen molar-refractivity contribution in [2.75, 3.05) is 20.7 Å². The molecule has 84 valence electrons. The number of para-hydroxylation sites is 1. The van der Waals surface area contributed by atoms with Crippen LogP contribution < -0.4 is 4.74 Å². The van der Waals surface area contributed by atoms with Gasteiger partial charge in [0.25, 0.3) is 0 Å². The van der Waals surface area contributed by atoms with Crippen LogP contribution in [-0.2, 0) is 0 Å². The molecular weight excluding hydrogens is 186 g/mol. The van der Waals surface area contributed by atoms with Gasteiger partial charge >= 0.3 is 0 Å². The molecule has 0 bridgehead atoms. The summed E-state index contributed by atoms with van der Waals surface area (Å²) in [6, 6.07) is 8.72. The molecule has 0 heterocycles. The molecule has 1 unspecified atom stereocenters. The van der Waals surface area contributed by atoms with Crippen molar-refractivity contribution < 1.29 is 4.74 Å². The lowest BCUT2D eigenvalue weighted by Crippen LogP contribution is -2.24. The molecule has 2 nitrogen and oxygen atoms in total. The van der Waals surface area contributed by atoms with Gasteiger partial charge < -0.3 is 4.74 Å². The predicted molar refractivity (Wildman–Crippen MR) is 64.3 cm³/mol. The van der Waals surface area contributed by atoms with Crippen LogP contribution in [-0.4, -0.2) is 25.6 Å². The molecule has 0 saturated heterocycles. The standard InChI is InChI=1S/C13H21NO/c1-5-12(14(3)6-2)11-9-7-8-10-13(11)15-4/h7-10,12H,5-6H2,1-4H3. The number of hydrogen-bond acceptors (Lipinski definition) is 2. The van der Waals surface area contributed by atoms with E-state index >= 15 is 0 Å². The molecule has 0 amide bonds. The van der Waals surface area contributed by atoms with E-state index in [0.29, 0.717) is 6.04 Å². The quantitative estimate of drug-likeness (QED) is 0.735. The van der Waals surface area contributed by atoms with Gasteiger partial charge in [0.15, 0.2) is 0 Å². The topological polar surface area (TPSA) is 12.5 Å². The Bertz CT molecular complexity index is 298. The van der Waals surface area contributed by atoms with Crippen LogP contribution in [0.15, 0.2) is 24.3 Å². The maximum Gasteiger partial charge on any atom is 0.123 e. The van der Waals surface area contributed by atoms with Crippen molar-refractivity contribution in [3.8, 4) is 5.75 Å². The Morgan fingerprint density at radius 1 is 1.27 bits per heavy atom. The summed E-state index contributed by atoms with van der Waals surface area (Å²) in [7, 11) is 3.89. The number of nitrogens with zero attached hydrogens (tertiary/aromatic N) is 1. The Morgan fingerprint density at radius 3 is 2.47 bits per heavy atom. The molecule has 2 heteroatoms. The Labute approximate surface area is 92.9 Å². The van der Waals surface area contributed by atoms with Gasteiger partial charge in [-0.3, -0.25) is 4.90 Å². The first-order chi connectivity index (χ1) is 7.24. The van der Waals surface area contributed by atoms with Gasteiger partial charge in [0.05, 0.1) is 7.11 Å². The van der Waals surface area contributed by atoms with Crippen molar-refractivity contribution >= 4 is 0 Å². The number of rotatable bonds is 5. The first-order valence-corrected chi connectivity index (χ1v) is 5.57. The molecule has 0 aliphatic rings. The predicted octanol–water partition coefficient (Wildman–Crippen LogP) is 3.10. The van der Waals surface area contributed by atoms with Crippen LogP contribution in [0.25, 0.3) is 0 Å². The SMILES string of the molecule is CCC(c1ccccc1OC)N(C)CC. The molecule has 1 rings (SSSR count). The molecule has 1 atom stereocenters. The zero-order valence-electron chi connectivity index (χ0n) is 10.2. The summed E-state index contributed by atoms with van der Waals surface area (Å²) in [4.78, 5) is 2.35. The maximum absolute atomic E-state index is 5.40. The minimum absolute atomic E-state index is 0.450. The summed E-state index contributed by atoms with van der Waals surface area (Å²) in [6.45, 7) is 5.44. The number of methoxy groups -OCH3 is 1. The van der Waals surface area contributed by atoms with Crippen LogP contribution in [0.4, 0.5) is 0 Å². The second kappa shape index (κ2) is 5.76. The first kappa shape index (κ1) is 12.1. The van der Waals surface area contributed by atoms with E-state index in [0.717, 1.165) is 18.7 Å². The highest BCUT2D eigenvalue weighted by Gasteiger charge is 2.16. The number of benzene rings is 1. The van der Waals surface area contributed by atoms with E-state index in [1.54, 1.807) is 7.11 Å². The second-order valence-electron chi connectivity index (χ2n) is 3.74. The highest BCUT2D eigenvalue weighted by molar-refractivity contribution is 5.35. The molecule has 0 aliphatic carbocycles. The van der Waals surface area contributed by atoms with Crippen LogP contribution in [0.3, 0.4) is 0 Å². The van der Waals surface area contributed by atoms with Gasteiger partial charge in [0.2, 0.25) is 0 Å². The average Bonchev–Trinajstić information content (AvgIpc) is 2.30. The van der Waals surface area contributed by atoms with Crippen LogP contribution >= 0.6 is 0 Å². The fourth-order valence-corrected chi connectivity index (χ4v) is 1.93. The summed E-state index contributed by atoms with van der Waals surface area (Å²) >= 11 is 0. The van der Waals surface area contributed by atoms with E-state index in [1.165, 1.54) is 5.56 Å². The molecule has 0 aromatic heterocycles. The smallest absolute Gasteiger partial charge is 0.123 e. The molecule has 0 radical (unpaired) electrons. The highest BCUT2D eigenvalue weighted by Crippen LogP contribution is 2.30. The monoisotopic (exact) mass is 207 g/mol. The molecule has 0 spiro atoms. The van der Waals surface area contributed by atoms with Crippen molar-refractivity contribution in [2.24, 2.45) is 0 Å². The lowest BCUT2D eigenvalue weighted by atomic mass is 10.0. The highest BCUT2D eigenvalue weighted by atomic mass is 16.5. The fourth-order valence-electron chi connectivity index (χ4n) is 1.93. The fraction of sp³-hybridized carbons (Fsp3) is 0.538. The van der Waals surface area contributed by atoms with E-state index in [9.17, 15) is 0 Å². The largest absolute Gasteiger partial charge is 0.496 e. The van der Waals surface area contributed by atoms with Gasteiger partial charge in [-0.25, -0.2) is 0 Å². The third-order valence-corrected chi connectivity index (χ3v) is 2.92. The normalized spacial score (nSPS) is 12.9. The van der Waals surface area contributed by atoms with E-state index in [1.807, 2.05) is 12.1 Å². The van der Waals surface area contributed by atoms with Gasteiger partial charge in [-0.1, -0.05) is 32.0 Å². The first-order valence-electron chi connectivity index (χ1n) is 5.57. The molecular formula is C13H21NO. The zero-order chi connectivity index (χ0) is 11.3. The van der Waals surface area contributed by atoms with Gasteiger partial charge in [0.1, 0.15) is 5.75 Å². The average molecular weight is 207 g/mol. The van der Waals surface area contributed by atoms with Gasteiger partial charge in [-0.2, -0.15) is 0 Å². The molecule has 15 heavy (non-hydrogen) atoms. The molecule has 0 N–H and O–H groups in total. The molecule has 0 saturated carbocycles. The van der Waals surface area contributed by atoms with Crippen molar-refractivity contribution in [3.63, 3.8) is 0 Å². The minimum atomic E-state index is 0.450. The minimum Gasteiger partial charge on any atom is -0.496 e. The zero-order valence-corrected chi connectivity index (χ0v) is 10.2. The summed E-state index contributed by atoms with van der Waals surface area (Å²) in [5, 5.41) is 0. The Kier molecular flexibility index (Phi) is 4.63. The summed E-state index contributed by atoms with van der Waals surface area (Å²) in [5.74, 6) is 0.990. The Morgan fingerprint density at radius 2 is 1.93 bits per heavy atom. The second-order valence-corrected chi connectivity index (χ2v) is 3.74. The van der Waals surface area contributed by atoms with Crippen molar-refractivity contribution in [3.05, 3.63) is 29.8 Å². The van der Waals surface area contributed by atoms with Crippen molar-refractivity contribution in [1.82, 2.24) is 4.90 Å². The van der Waals surface area contributed by atoms with Crippen LogP contribution in [0, 0.1) is 0 Å². The van der Waals surface area contributed by atoms with Gasteiger partial charge in [-0.15, -0.1) is 0 Å². The van der Waals surface area contributed by atoms with Crippen LogP contribution in [0.1, 0.15) is 31.9 Å². The molecule has 1 aromatic rings. The third-order valence-electron chi connectivity index (χ3n) is 2.92. The summed E-state index contributed by atoms with van der Waals surface area (Å²) in [6.07, 6.45) is 1.10. The summed E-state index contributed by atoms with van der Waals surface area (Å²) < 4.78 is 5.40. The molecule has 1 aromatic carbocycles.